The van der Waals surface area contributed by atoms with Crippen molar-refractivity contribution in [2.45, 2.75) is 33.4 Å². The van der Waals surface area contributed by atoms with Gasteiger partial charge in [-0.15, -0.1) is 0 Å². The number of amides is 1. The first-order valence-electron chi connectivity index (χ1n) is 6.80. The number of carbonyl (C=O) groups is 1. The van der Waals surface area contributed by atoms with E-state index >= 15 is 0 Å². The molecule has 1 aromatic carbocycles. The number of hydrogen-bond acceptors (Lipinski definition) is 2. The maximum Gasteiger partial charge on any atom is 0.227 e. The summed E-state index contributed by atoms with van der Waals surface area (Å²) in [6.45, 7) is 5.31. The third kappa shape index (κ3) is 1.91. The zero-order valence-electron chi connectivity index (χ0n) is 11.6. The average Bonchev–Trinajstić information content (AvgIpc) is 2.88. The van der Waals surface area contributed by atoms with E-state index in [0.29, 0.717) is 18.0 Å². The van der Waals surface area contributed by atoms with Crippen molar-refractivity contribution in [3.8, 4) is 11.3 Å². The van der Waals surface area contributed by atoms with Crippen LogP contribution in [-0.4, -0.2) is 15.7 Å². The van der Waals surface area contributed by atoms with Gasteiger partial charge in [0.25, 0.3) is 0 Å². The smallest absolute Gasteiger partial charge is 0.227 e. The van der Waals surface area contributed by atoms with Crippen molar-refractivity contribution in [1.29, 1.82) is 0 Å². The number of carbonyl (C=O) groups excluding carboxylic acids is 1. The quantitative estimate of drug-likeness (QED) is 0.849. The Morgan fingerprint density at radius 1 is 1.40 bits per heavy atom. The van der Waals surface area contributed by atoms with Crippen LogP contribution in [0.1, 0.15) is 25.8 Å². The summed E-state index contributed by atoms with van der Waals surface area (Å²) >= 11 is 6.13. The molecule has 3 rings (SSSR count). The zero-order chi connectivity index (χ0) is 14.3. The maximum absolute atomic E-state index is 12.2. The van der Waals surface area contributed by atoms with E-state index in [-0.39, 0.29) is 5.91 Å². The molecule has 2 aromatic rings. The Balaban J connectivity index is 2.22. The second kappa shape index (κ2) is 4.94. The van der Waals surface area contributed by atoms with Crippen molar-refractivity contribution in [2.75, 3.05) is 4.90 Å². The highest BCUT2D eigenvalue weighted by Crippen LogP contribution is 2.40. The van der Waals surface area contributed by atoms with E-state index in [0.717, 1.165) is 29.1 Å². The SMILES string of the molecule is CCC(=O)N1Cc2cnn(CC)c2-c2cc(Cl)ccc21. The Labute approximate surface area is 123 Å². The second-order valence-corrected chi connectivity index (χ2v) is 5.27. The number of halogens is 1. The first-order chi connectivity index (χ1) is 9.65. The van der Waals surface area contributed by atoms with Crippen molar-refractivity contribution in [2.24, 2.45) is 0 Å². The highest BCUT2D eigenvalue weighted by atomic mass is 35.5. The van der Waals surface area contributed by atoms with E-state index in [4.69, 9.17) is 11.6 Å². The summed E-state index contributed by atoms with van der Waals surface area (Å²) in [6, 6.07) is 5.66. The van der Waals surface area contributed by atoms with Crippen LogP contribution in [0.5, 0.6) is 0 Å². The van der Waals surface area contributed by atoms with E-state index < -0.39 is 0 Å². The number of aryl methyl sites for hydroxylation is 1. The molecule has 0 radical (unpaired) electrons. The Morgan fingerprint density at radius 3 is 2.90 bits per heavy atom. The molecule has 20 heavy (non-hydrogen) atoms. The van der Waals surface area contributed by atoms with Gasteiger partial charge in [-0.3, -0.25) is 9.48 Å². The Bertz CT molecular complexity index is 678. The summed E-state index contributed by atoms with van der Waals surface area (Å²) < 4.78 is 1.96. The zero-order valence-corrected chi connectivity index (χ0v) is 12.3. The van der Waals surface area contributed by atoms with Crippen LogP contribution in [-0.2, 0) is 17.9 Å². The van der Waals surface area contributed by atoms with E-state index in [2.05, 4.69) is 12.0 Å². The molecule has 4 nitrogen and oxygen atoms in total. The van der Waals surface area contributed by atoms with E-state index in [1.54, 1.807) is 0 Å². The van der Waals surface area contributed by atoms with Crippen molar-refractivity contribution in [1.82, 2.24) is 9.78 Å². The lowest BCUT2D eigenvalue weighted by Crippen LogP contribution is -2.32. The van der Waals surface area contributed by atoms with Crippen LogP contribution >= 0.6 is 11.6 Å². The number of aromatic nitrogens is 2. The minimum atomic E-state index is 0.114. The second-order valence-electron chi connectivity index (χ2n) is 4.83. The molecule has 0 spiro atoms. The van der Waals surface area contributed by atoms with Gasteiger partial charge in [-0.05, 0) is 25.1 Å². The van der Waals surface area contributed by atoms with Gasteiger partial charge in [0.05, 0.1) is 24.1 Å². The van der Waals surface area contributed by atoms with Gasteiger partial charge in [-0.25, -0.2) is 0 Å². The number of fused-ring (bicyclic) bond motifs is 3. The third-order valence-electron chi connectivity index (χ3n) is 3.65. The fraction of sp³-hybridized carbons (Fsp3) is 0.333. The Hall–Kier alpha value is -1.81. The van der Waals surface area contributed by atoms with Gasteiger partial charge >= 0.3 is 0 Å². The van der Waals surface area contributed by atoms with Crippen molar-refractivity contribution in [3.63, 3.8) is 0 Å². The van der Waals surface area contributed by atoms with Crippen LogP contribution in [0.4, 0.5) is 5.69 Å². The van der Waals surface area contributed by atoms with Gasteiger partial charge in [0, 0.05) is 29.1 Å². The Kier molecular flexibility index (Phi) is 3.26. The molecule has 0 atom stereocenters. The summed E-state index contributed by atoms with van der Waals surface area (Å²) in [5.41, 5.74) is 4.05. The van der Waals surface area contributed by atoms with Crippen molar-refractivity contribution >= 4 is 23.2 Å². The average molecular weight is 290 g/mol. The van der Waals surface area contributed by atoms with Gasteiger partial charge in [-0.2, -0.15) is 5.10 Å². The highest BCUT2D eigenvalue weighted by Gasteiger charge is 2.28. The van der Waals surface area contributed by atoms with E-state index in [1.807, 2.05) is 40.9 Å². The molecule has 0 fully saturated rings. The number of nitrogens with zero attached hydrogens (tertiary/aromatic N) is 3. The number of anilines is 1. The van der Waals surface area contributed by atoms with Gasteiger partial charge in [0.15, 0.2) is 0 Å². The molecule has 2 heterocycles. The topological polar surface area (TPSA) is 38.1 Å². The lowest BCUT2D eigenvalue weighted by atomic mass is 9.99. The Morgan fingerprint density at radius 2 is 2.20 bits per heavy atom. The first-order valence-corrected chi connectivity index (χ1v) is 7.18. The van der Waals surface area contributed by atoms with Crippen molar-refractivity contribution in [3.05, 3.63) is 35.0 Å². The predicted octanol–water partition coefficient (Wildman–Crippen LogP) is 3.48. The molecule has 1 aliphatic heterocycles. The minimum absolute atomic E-state index is 0.114. The fourth-order valence-electron chi connectivity index (χ4n) is 2.69. The molecule has 1 amide bonds. The predicted molar refractivity (Wildman–Crippen MR) is 79.8 cm³/mol. The largest absolute Gasteiger partial charge is 0.307 e. The molecule has 1 aromatic heterocycles. The fourth-order valence-corrected chi connectivity index (χ4v) is 2.87. The lowest BCUT2D eigenvalue weighted by molar-refractivity contribution is -0.118. The van der Waals surface area contributed by atoms with E-state index in [9.17, 15) is 4.79 Å². The molecule has 0 bridgehead atoms. The molecule has 1 aliphatic rings. The molecule has 0 saturated heterocycles. The van der Waals surface area contributed by atoms with Crippen molar-refractivity contribution < 1.29 is 4.79 Å². The lowest BCUT2D eigenvalue weighted by Gasteiger charge is -2.30. The first kappa shape index (κ1) is 13.2. The molecule has 0 aliphatic carbocycles. The molecule has 0 saturated carbocycles. The summed E-state index contributed by atoms with van der Waals surface area (Å²) in [5, 5.41) is 5.07. The number of benzene rings is 1. The van der Waals surface area contributed by atoms with Gasteiger partial charge in [0.2, 0.25) is 5.91 Å². The number of rotatable bonds is 2. The minimum Gasteiger partial charge on any atom is -0.307 e. The van der Waals surface area contributed by atoms with Crippen LogP contribution < -0.4 is 4.90 Å². The van der Waals surface area contributed by atoms with Gasteiger partial charge in [-0.1, -0.05) is 18.5 Å². The number of hydrogen-bond donors (Lipinski definition) is 0. The molecule has 0 N–H and O–H groups in total. The maximum atomic E-state index is 12.2. The summed E-state index contributed by atoms with van der Waals surface area (Å²) in [6.07, 6.45) is 2.33. The van der Waals surface area contributed by atoms with Crippen LogP contribution in [0.2, 0.25) is 5.02 Å². The normalized spacial score (nSPS) is 13.1. The van der Waals surface area contributed by atoms with Crippen LogP contribution in [0.3, 0.4) is 0 Å². The third-order valence-corrected chi connectivity index (χ3v) is 3.89. The van der Waals surface area contributed by atoms with Gasteiger partial charge in [0.1, 0.15) is 0 Å². The molecule has 0 unspecified atom stereocenters. The molecule has 5 heteroatoms. The monoisotopic (exact) mass is 289 g/mol. The van der Waals surface area contributed by atoms with Crippen LogP contribution in [0.25, 0.3) is 11.3 Å². The van der Waals surface area contributed by atoms with Crippen LogP contribution in [0, 0.1) is 0 Å². The van der Waals surface area contributed by atoms with Crippen LogP contribution in [0.15, 0.2) is 24.4 Å². The molecular formula is C15H16ClN3O. The highest BCUT2D eigenvalue weighted by molar-refractivity contribution is 6.31. The van der Waals surface area contributed by atoms with E-state index in [1.165, 1.54) is 0 Å². The molecular weight excluding hydrogens is 274 g/mol. The standard InChI is InChI=1S/C15H16ClN3O/c1-3-14(20)18-9-10-8-17-19(4-2)15(10)12-7-11(16)5-6-13(12)18/h5-8H,3-4,9H2,1-2H3. The molecule has 104 valence electrons. The summed E-state index contributed by atoms with van der Waals surface area (Å²) in [4.78, 5) is 14.0. The summed E-state index contributed by atoms with van der Waals surface area (Å²) in [5.74, 6) is 0.114. The van der Waals surface area contributed by atoms with Gasteiger partial charge < -0.3 is 4.90 Å². The summed E-state index contributed by atoms with van der Waals surface area (Å²) in [7, 11) is 0.